The number of hydrogen-bond acceptors (Lipinski definition) is 1. The molecule has 66 valence electrons. The Balaban J connectivity index is 2.88. The Labute approximate surface area is 75.7 Å². The first-order chi connectivity index (χ1) is 5.61. The molecule has 1 rings (SSSR count). The summed E-state index contributed by atoms with van der Waals surface area (Å²) < 4.78 is 36.8. The van der Waals surface area contributed by atoms with Crippen LogP contribution in [0.4, 0.5) is 13.2 Å². The van der Waals surface area contributed by atoms with Crippen molar-refractivity contribution in [2.75, 3.05) is 0 Å². The summed E-state index contributed by atoms with van der Waals surface area (Å²) in [6.07, 6.45) is -4.05. The lowest BCUT2D eigenvalue weighted by Gasteiger charge is -2.05. The number of halogens is 4. The van der Waals surface area contributed by atoms with Crippen molar-refractivity contribution in [3.63, 3.8) is 0 Å². The van der Waals surface area contributed by atoms with Gasteiger partial charge in [0.15, 0.2) is 0 Å². The van der Waals surface area contributed by atoms with E-state index >= 15 is 0 Å². The third-order valence-corrected chi connectivity index (χ3v) is 1.74. The van der Waals surface area contributed by atoms with Gasteiger partial charge in [-0.3, -0.25) is 4.98 Å². The van der Waals surface area contributed by atoms with Crippen LogP contribution in [0.25, 0.3) is 0 Å². The highest BCUT2D eigenvalue weighted by molar-refractivity contribution is 9.10. The molecule has 0 aromatic carbocycles. The SMILES string of the molecule is FC(F)[C@H](F)c1cc(Br)ccn1. The maximum Gasteiger partial charge on any atom is 0.275 e. The second-order valence-corrected chi connectivity index (χ2v) is 3.05. The van der Waals surface area contributed by atoms with E-state index in [2.05, 4.69) is 20.9 Å². The van der Waals surface area contributed by atoms with Crippen LogP contribution in [-0.2, 0) is 0 Å². The summed E-state index contributed by atoms with van der Waals surface area (Å²) in [6, 6.07) is 2.78. The summed E-state index contributed by atoms with van der Waals surface area (Å²) in [7, 11) is 0. The van der Waals surface area contributed by atoms with Crippen LogP contribution in [0, 0.1) is 0 Å². The van der Waals surface area contributed by atoms with Crippen LogP contribution in [0.3, 0.4) is 0 Å². The zero-order chi connectivity index (χ0) is 9.14. The van der Waals surface area contributed by atoms with Crippen LogP contribution < -0.4 is 0 Å². The average Bonchev–Trinajstić information content (AvgIpc) is 2.03. The molecule has 0 saturated carbocycles. The minimum atomic E-state index is -3.02. The normalized spacial score (nSPS) is 13.4. The van der Waals surface area contributed by atoms with Crippen LogP contribution in [0.15, 0.2) is 22.8 Å². The average molecular weight is 240 g/mol. The Morgan fingerprint density at radius 3 is 2.50 bits per heavy atom. The van der Waals surface area contributed by atoms with Gasteiger partial charge < -0.3 is 0 Å². The summed E-state index contributed by atoms with van der Waals surface area (Å²) in [5.74, 6) is 0. The van der Waals surface area contributed by atoms with Crippen molar-refractivity contribution in [2.24, 2.45) is 0 Å². The second kappa shape index (κ2) is 3.89. The Hall–Kier alpha value is -0.580. The third-order valence-electron chi connectivity index (χ3n) is 1.25. The van der Waals surface area contributed by atoms with Gasteiger partial charge in [-0.15, -0.1) is 0 Å². The first-order valence-electron chi connectivity index (χ1n) is 3.15. The van der Waals surface area contributed by atoms with Crippen molar-refractivity contribution in [1.82, 2.24) is 4.98 Å². The first-order valence-corrected chi connectivity index (χ1v) is 3.94. The molecular formula is C7H5BrF3N. The van der Waals surface area contributed by atoms with Gasteiger partial charge in [-0.2, -0.15) is 0 Å². The van der Waals surface area contributed by atoms with E-state index in [9.17, 15) is 13.2 Å². The molecule has 1 nitrogen and oxygen atoms in total. The van der Waals surface area contributed by atoms with E-state index in [1.807, 2.05) is 0 Å². The predicted octanol–water partition coefficient (Wildman–Crippen LogP) is 3.12. The van der Waals surface area contributed by atoms with Gasteiger partial charge in [0, 0.05) is 10.7 Å². The van der Waals surface area contributed by atoms with E-state index < -0.39 is 12.6 Å². The number of nitrogens with zero attached hydrogens (tertiary/aromatic N) is 1. The number of alkyl halides is 3. The third kappa shape index (κ3) is 2.20. The maximum atomic E-state index is 12.6. The molecule has 1 heterocycles. The van der Waals surface area contributed by atoms with Gasteiger partial charge in [-0.25, -0.2) is 13.2 Å². The van der Waals surface area contributed by atoms with Gasteiger partial charge in [-0.05, 0) is 12.1 Å². The van der Waals surface area contributed by atoms with Crippen LogP contribution in [-0.4, -0.2) is 11.4 Å². The fourth-order valence-corrected chi connectivity index (χ4v) is 1.05. The summed E-state index contributed by atoms with van der Waals surface area (Å²) >= 11 is 3.03. The molecule has 0 fully saturated rings. The largest absolute Gasteiger partial charge is 0.275 e. The minimum absolute atomic E-state index is 0.251. The summed E-state index contributed by atoms with van der Waals surface area (Å²) in [6.45, 7) is 0. The van der Waals surface area contributed by atoms with Gasteiger partial charge in [0.1, 0.15) is 0 Å². The zero-order valence-corrected chi connectivity index (χ0v) is 7.43. The molecule has 0 radical (unpaired) electrons. The Kier molecular flexibility index (Phi) is 3.08. The van der Waals surface area contributed by atoms with E-state index in [0.29, 0.717) is 4.47 Å². The fraction of sp³-hybridized carbons (Fsp3) is 0.286. The molecular weight excluding hydrogens is 235 g/mol. The second-order valence-electron chi connectivity index (χ2n) is 2.14. The minimum Gasteiger partial charge on any atom is -0.258 e. The van der Waals surface area contributed by atoms with Crippen molar-refractivity contribution >= 4 is 15.9 Å². The van der Waals surface area contributed by atoms with E-state index in [4.69, 9.17) is 0 Å². The van der Waals surface area contributed by atoms with Crippen molar-refractivity contribution in [3.8, 4) is 0 Å². The van der Waals surface area contributed by atoms with E-state index in [1.165, 1.54) is 12.3 Å². The van der Waals surface area contributed by atoms with Crippen LogP contribution in [0.1, 0.15) is 11.9 Å². The fourth-order valence-electron chi connectivity index (χ4n) is 0.701. The molecule has 5 heteroatoms. The molecule has 1 atom stereocenters. The standard InChI is InChI=1S/C7H5BrF3N/c8-4-1-2-12-5(3-4)6(9)7(10)11/h1-3,6-7H/t6-/m1/s1. The summed E-state index contributed by atoms with van der Waals surface area (Å²) in [5.41, 5.74) is -0.251. The van der Waals surface area contributed by atoms with Crippen molar-refractivity contribution < 1.29 is 13.2 Å². The maximum absolute atomic E-state index is 12.6. The van der Waals surface area contributed by atoms with E-state index in [0.717, 1.165) is 0 Å². The molecule has 0 unspecified atom stereocenters. The molecule has 0 aliphatic rings. The molecule has 1 aromatic heterocycles. The number of pyridine rings is 1. The highest BCUT2D eigenvalue weighted by Crippen LogP contribution is 2.24. The monoisotopic (exact) mass is 239 g/mol. The van der Waals surface area contributed by atoms with Gasteiger partial charge in [0.25, 0.3) is 6.43 Å². The molecule has 0 amide bonds. The van der Waals surface area contributed by atoms with Gasteiger partial charge in [-0.1, -0.05) is 15.9 Å². The van der Waals surface area contributed by atoms with Crippen molar-refractivity contribution in [1.29, 1.82) is 0 Å². The lowest BCUT2D eigenvalue weighted by molar-refractivity contribution is 0.0472. The molecule has 0 N–H and O–H groups in total. The highest BCUT2D eigenvalue weighted by Gasteiger charge is 2.22. The number of rotatable bonds is 2. The quantitative estimate of drug-likeness (QED) is 0.773. The zero-order valence-electron chi connectivity index (χ0n) is 5.85. The summed E-state index contributed by atoms with van der Waals surface area (Å²) in [4.78, 5) is 3.48. The Morgan fingerprint density at radius 2 is 2.00 bits per heavy atom. The van der Waals surface area contributed by atoms with Gasteiger partial charge >= 0.3 is 0 Å². The molecule has 0 bridgehead atoms. The summed E-state index contributed by atoms with van der Waals surface area (Å²) in [5, 5.41) is 0. The topological polar surface area (TPSA) is 12.9 Å². The van der Waals surface area contributed by atoms with E-state index in [-0.39, 0.29) is 5.69 Å². The van der Waals surface area contributed by atoms with Crippen LogP contribution in [0.2, 0.25) is 0 Å². The van der Waals surface area contributed by atoms with Crippen molar-refractivity contribution in [2.45, 2.75) is 12.6 Å². The molecule has 1 aromatic rings. The lowest BCUT2D eigenvalue weighted by atomic mass is 10.2. The Morgan fingerprint density at radius 1 is 1.33 bits per heavy atom. The van der Waals surface area contributed by atoms with Gasteiger partial charge in [0.05, 0.1) is 5.69 Å². The molecule has 0 spiro atoms. The van der Waals surface area contributed by atoms with Gasteiger partial charge in [0.2, 0.25) is 6.17 Å². The molecule has 0 saturated heterocycles. The smallest absolute Gasteiger partial charge is 0.258 e. The number of aromatic nitrogens is 1. The highest BCUT2D eigenvalue weighted by atomic mass is 79.9. The molecule has 12 heavy (non-hydrogen) atoms. The lowest BCUT2D eigenvalue weighted by Crippen LogP contribution is -2.04. The van der Waals surface area contributed by atoms with Crippen LogP contribution in [0.5, 0.6) is 0 Å². The predicted molar refractivity (Wildman–Crippen MR) is 41.8 cm³/mol. The van der Waals surface area contributed by atoms with Crippen LogP contribution >= 0.6 is 15.9 Å². The number of hydrogen-bond donors (Lipinski definition) is 0. The molecule has 0 aliphatic carbocycles. The van der Waals surface area contributed by atoms with Crippen molar-refractivity contribution in [3.05, 3.63) is 28.5 Å². The first kappa shape index (κ1) is 9.51. The molecule has 0 aliphatic heterocycles. The Bertz CT molecular complexity index is 267. The van der Waals surface area contributed by atoms with E-state index in [1.54, 1.807) is 6.07 Å².